The summed E-state index contributed by atoms with van der Waals surface area (Å²) in [7, 11) is -1.48. The fraction of sp³-hybridized carbons (Fsp3) is 0.438. The second kappa shape index (κ2) is 6.95. The van der Waals surface area contributed by atoms with Crippen molar-refractivity contribution in [3.63, 3.8) is 0 Å². The summed E-state index contributed by atoms with van der Waals surface area (Å²) in [5.41, 5.74) is 2.35. The Morgan fingerprint density at radius 3 is 2.29 bits per heavy atom. The maximum atomic E-state index is 12.7. The molecular weight excluding hydrogens is 392 g/mol. The van der Waals surface area contributed by atoms with Crippen molar-refractivity contribution in [3.05, 3.63) is 46.2 Å². The predicted molar refractivity (Wildman–Crippen MR) is 96.1 cm³/mol. The van der Waals surface area contributed by atoms with Gasteiger partial charge in [-0.2, -0.15) is 9.40 Å². The molecule has 0 unspecified atom stereocenters. The molecule has 0 bridgehead atoms. The first-order chi connectivity index (χ1) is 11.4. The van der Waals surface area contributed by atoms with Crippen LogP contribution >= 0.6 is 15.9 Å². The summed E-state index contributed by atoms with van der Waals surface area (Å²) in [6, 6.07) is 6.80. The molecule has 2 aromatic rings. The molecule has 1 aromatic carbocycles. The van der Waals surface area contributed by atoms with E-state index in [1.807, 2.05) is 17.9 Å². The fourth-order valence-corrected chi connectivity index (χ4v) is 4.51. The SMILES string of the molecule is Cc1c(CN2CCN(S(=O)(=O)c3ccc(Br)cc3)CC2)cnn1C. The second-order valence-corrected chi connectivity index (χ2v) is 8.87. The van der Waals surface area contributed by atoms with Crippen LogP contribution in [0.25, 0.3) is 0 Å². The van der Waals surface area contributed by atoms with Gasteiger partial charge in [-0.1, -0.05) is 15.9 Å². The maximum Gasteiger partial charge on any atom is 0.243 e. The highest BCUT2D eigenvalue weighted by Crippen LogP contribution is 2.21. The third kappa shape index (κ3) is 3.56. The fourth-order valence-electron chi connectivity index (χ4n) is 2.82. The number of halogens is 1. The number of aromatic nitrogens is 2. The molecule has 8 heteroatoms. The van der Waals surface area contributed by atoms with Gasteiger partial charge >= 0.3 is 0 Å². The van der Waals surface area contributed by atoms with Crippen LogP contribution in [0, 0.1) is 6.92 Å². The van der Waals surface area contributed by atoms with Crippen molar-refractivity contribution < 1.29 is 8.42 Å². The number of benzene rings is 1. The molecule has 2 heterocycles. The lowest BCUT2D eigenvalue weighted by Gasteiger charge is -2.33. The Bertz CT molecular complexity index is 809. The van der Waals surface area contributed by atoms with E-state index in [1.54, 1.807) is 28.6 Å². The highest BCUT2D eigenvalue weighted by Gasteiger charge is 2.28. The van der Waals surface area contributed by atoms with Crippen LogP contribution in [-0.2, 0) is 23.6 Å². The second-order valence-electron chi connectivity index (χ2n) is 6.01. The van der Waals surface area contributed by atoms with Gasteiger partial charge in [0.15, 0.2) is 0 Å². The Labute approximate surface area is 151 Å². The molecule has 0 atom stereocenters. The molecule has 1 fully saturated rings. The molecule has 0 amide bonds. The Balaban J connectivity index is 1.64. The smallest absolute Gasteiger partial charge is 0.243 e. The Morgan fingerprint density at radius 1 is 1.12 bits per heavy atom. The van der Waals surface area contributed by atoms with Crippen molar-refractivity contribution in [3.8, 4) is 0 Å². The zero-order chi connectivity index (χ0) is 17.3. The summed E-state index contributed by atoms with van der Waals surface area (Å²) in [6.07, 6.45) is 1.89. The minimum Gasteiger partial charge on any atom is -0.296 e. The summed E-state index contributed by atoms with van der Waals surface area (Å²) < 4.78 is 29.7. The average Bonchev–Trinajstić information content (AvgIpc) is 2.88. The van der Waals surface area contributed by atoms with Crippen LogP contribution in [0.5, 0.6) is 0 Å². The van der Waals surface area contributed by atoms with E-state index in [-0.39, 0.29) is 0 Å². The normalized spacial score (nSPS) is 17.3. The number of aryl methyl sites for hydroxylation is 1. The van der Waals surface area contributed by atoms with Gasteiger partial charge in [-0.05, 0) is 31.2 Å². The van der Waals surface area contributed by atoms with E-state index in [0.717, 1.165) is 29.8 Å². The summed E-state index contributed by atoms with van der Waals surface area (Å²) in [4.78, 5) is 2.62. The van der Waals surface area contributed by atoms with Gasteiger partial charge in [0, 0.05) is 55.5 Å². The Morgan fingerprint density at radius 2 is 1.75 bits per heavy atom. The first kappa shape index (κ1) is 17.6. The van der Waals surface area contributed by atoms with Gasteiger partial charge in [-0.15, -0.1) is 0 Å². The molecule has 1 aliphatic heterocycles. The van der Waals surface area contributed by atoms with Crippen molar-refractivity contribution >= 4 is 26.0 Å². The van der Waals surface area contributed by atoms with E-state index in [9.17, 15) is 8.42 Å². The van der Waals surface area contributed by atoms with Crippen LogP contribution in [0.2, 0.25) is 0 Å². The van der Waals surface area contributed by atoms with Crippen molar-refractivity contribution in [2.45, 2.75) is 18.4 Å². The van der Waals surface area contributed by atoms with Gasteiger partial charge in [0.25, 0.3) is 0 Å². The van der Waals surface area contributed by atoms with Gasteiger partial charge in [-0.25, -0.2) is 8.42 Å². The highest BCUT2D eigenvalue weighted by atomic mass is 79.9. The van der Waals surface area contributed by atoms with E-state index < -0.39 is 10.0 Å². The molecule has 1 saturated heterocycles. The third-order valence-corrected chi connectivity index (χ3v) is 6.96. The van der Waals surface area contributed by atoms with Crippen LogP contribution in [0.1, 0.15) is 11.3 Å². The third-order valence-electron chi connectivity index (χ3n) is 4.51. The standard InChI is InChI=1S/C16H21BrN4O2S/c1-13-14(11-18-19(13)2)12-20-7-9-21(10-8-20)24(22,23)16-5-3-15(17)4-6-16/h3-6,11H,7-10,12H2,1-2H3. The summed E-state index contributed by atoms with van der Waals surface area (Å²) in [5, 5.41) is 4.26. The van der Waals surface area contributed by atoms with Gasteiger partial charge in [0.1, 0.15) is 0 Å². The zero-order valence-electron chi connectivity index (χ0n) is 13.8. The zero-order valence-corrected chi connectivity index (χ0v) is 16.2. The molecule has 24 heavy (non-hydrogen) atoms. The van der Waals surface area contributed by atoms with E-state index in [2.05, 4.69) is 32.9 Å². The molecule has 0 spiro atoms. The van der Waals surface area contributed by atoms with Crippen LogP contribution in [0.4, 0.5) is 0 Å². The molecule has 130 valence electrons. The Kier molecular flexibility index (Phi) is 5.10. The first-order valence-electron chi connectivity index (χ1n) is 7.83. The maximum absolute atomic E-state index is 12.7. The molecule has 0 saturated carbocycles. The number of sulfonamides is 1. The molecule has 0 aliphatic carbocycles. The van der Waals surface area contributed by atoms with E-state index in [0.29, 0.717) is 18.0 Å². The molecular formula is C16H21BrN4O2S. The molecule has 1 aliphatic rings. The molecule has 6 nitrogen and oxygen atoms in total. The van der Waals surface area contributed by atoms with Crippen molar-refractivity contribution in [1.82, 2.24) is 19.0 Å². The van der Waals surface area contributed by atoms with Crippen LogP contribution in [-0.4, -0.2) is 53.6 Å². The summed E-state index contributed by atoms with van der Waals surface area (Å²) >= 11 is 3.33. The van der Waals surface area contributed by atoms with Gasteiger partial charge in [-0.3, -0.25) is 9.58 Å². The molecule has 1 aromatic heterocycles. The van der Waals surface area contributed by atoms with E-state index in [4.69, 9.17) is 0 Å². The minimum absolute atomic E-state index is 0.349. The van der Waals surface area contributed by atoms with Gasteiger partial charge in [0.2, 0.25) is 10.0 Å². The monoisotopic (exact) mass is 412 g/mol. The average molecular weight is 413 g/mol. The first-order valence-corrected chi connectivity index (χ1v) is 10.1. The number of piperazine rings is 1. The van der Waals surface area contributed by atoms with Crippen molar-refractivity contribution in [1.29, 1.82) is 0 Å². The molecule has 3 rings (SSSR count). The largest absolute Gasteiger partial charge is 0.296 e. The van der Waals surface area contributed by atoms with E-state index in [1.165, 1.54) is 5.56 Å². The predicted octanol–water partition coefficient (Wildman–Crippen LogP) is 2.00. The lowest BCUT2D eigenvalue weighted by atomic mass is 10.2. The number of hydrogen-bond donors (Lipinski definition) is 0. The molecule has 0 N–H and O–H groups in total. The quantitative estimate of drug-likeness (QED) is 0.770. The van der Waals surface area contributed by atoms with Crippen LogP contribution in [0.15, 0.2) is 39.8 Å². The van der Waals surface area contributed by atoms with E-state index >= 15 is 0 Å². The highest BCUT2D eigenvalue weighted by molar-refractivity contribution is 9.10. The van der Waals surface area contributed by atoms with Crippen molar-refractivity contribution in [2.75, 3.05) is 26.2 Å². The van der Waals surface area contributed by atoms with Gasteiger partial charge < -0.3 is 0 Å². The summed E-state index contributed by atoms with van der Waals surface area (Å²) in [5.74, 6) is 0. The van der Waals surface area contributed by atoms with Gasteiger partial charge in [0.05, 0.1) is 11.1 Å². The number of nitrogens with zero attached hydrogens (tertiary/aromatic N) is 4. The lowest BCUT2D eigenvalue weighted by Crippen LogP contribution is -2.48. The van der Waals surface area contributed by atoms with Crippen molar-refractivity contribution in [2.24, 2.45) is 7.05 Å². The molecule has 0 radical (unpaired) electrons. The Hall–Kier alpha value is -1.22. The topological polar surface area (TPSA) is 58.4 Å². The van der Waals surface area contributed by atoms with Crippen LogP contribution in [0.3, 0.4) is 0 Å². The van der Waals surface area contributed by atoms with Crippen LogP contribution < -0.4 is 0 Å². The number of rotatable bonds is 4. The minimum atomic E-state index is -3.41. The summed E-state index contributed by atoms with van der Waals surface area (Å²) in [6.45, 7) is 5.34. The lowest BCUT2D eigenvalue weighted by molar-refractivity contribution is 0.181. The number of hydrogen-bond acceptors (Lipinski definition) is 4.